The number of fused-ring (bicyclic) bond motifs is 1. The molecule has 0 fully saturated rings. The molecule has 3 aromatic carbocycles. The van der Waals surface area contributed by atoms with Gasteiger partial charge in [-0.15, -0.1) is 0 Å². The fourth-order valence-corrected chi connectivity index (χ4v) is 4.24. The fourth-order valence-electron chi connectivity index (χ4n) is 3.46. The molecule has 1 N–H and O–H groups in total. The maximum atomic E-state index is 13.7. The summed E-state index contributed by atoms with van der Waals surface area (Å²) in [5, 5.41) is 2.73. The summed E-state index contributed by atoms with van der Waals surface area (Å²) in [4.78, 5) is 16.9. The Morgan fingerprint density at radius 3 is 2.44 bits per heavy atom. The Hall–Kier alpha value is -3.59. The number of benzene rings is 3. The summed E-state index contributed by atoms with van der Waals surface area (Å²) in [6.45, 7) is -2.75. The Bertz CT molecular complexity index is 1400. The summed E-state index contributed by atoms with van der Waals surface area (Å²) in [6, 6.07) is 19.5. The summed E-state index contributed by atoms with van der Waals surface area (Å²) in [5.74, 6) is -0.436. The van der Waals surface area contributed by atoms with Crippen molar-refractivity contribution in [3.05, 3.63) is 83.9 Å². The second kappa shape index (κ2) is 8.51. The predicted molar refractivity (Wildman–Crippen MR) is 119 cm³/mol. The minimum Gasteiger partial charge on any atom is -0.322 e. The van der Waals surface area contributed by atoms with Gasteiger partial charge >= 0.3 is 6.55 Å². The van der Waals surface area contributed by atoms with Crippen molar-refractivity contribution in [2.24, 2.45) is 0 Å². The predicted octanol–water partition coefficient (Wildman–Crippen LogP) is 4.90. The van der Waals surface area contributed by atoms with Gasteiger partial charge < -0.3 is 5.32 Å². The molecule has 1 heterocycles. The molecule has 0 spiro atoms. The number of anilines is 1. The van der Waals surface area contributed by atoms with E-state index in [0.29, 0.717) is 33.4 Å². The molecule has 0 saturated carbocycles. The van der Waals surface area contributed by atoms with Gasteiger partial charge in [-0.2, -0.15) is 8.78 Å². The van der Waals surface area contributed by atoms with Crippen LogP contribution in [0.25, 0.3) is 22.4 Å². The Morgan fingerprint density at radius 2 is 1.75 bits per heavy atom. The van der Waals surface area contributed by atoms with Crippen LogP contribution >= 0.6 is 0 Å². The van der Waals surface area contributed by atoms with Crippen molar-refractivity contribution in [2.75, 3.05) is 11.6 Å². The van der Waals surface area contributed by atoms with Crippen molar-refractivity contribution in [1.82, 2.24) is 9.55 Å². The zero-order valence-corrected chi connectivity index (χ0v) is 17.8. The molecule has 0 aliphatic rings. The molecular weight excluding hydrogens is 436 g/mol. The molecule has 6 nitrogen and oxygen atoms in total. The number of aromatic nitrogens is 2. The lowest BCUT2D eigenvalue weighted by Crippen LogP contribution is -2.12. The monoisotopic (exact) mass is 455 g/mol. The lowest BCUT2D eigenvalue weighted by atomic mass is 10.1. The Morgan fingerprint density at radius 1 is 1.03 bits per heavy atom. The van der Waals surface area contributed by atoms with Crippen molar-refractivity contribution in [2.45, 2.75) is 12.3 Å². The first kappa shape index (κ1) is 21.6. The van der Waals surface area contributed by atoms with Crippen molar-refractivity contribution in [1.29, 1.82) is 0 Å². The fraction of sp³-hybridized carbons (Fsp3) is 0.130. The topological polar surface area (TPSA) is 81.1 Å². The zero-order chi connectivity index (χ0) is 22.9. The van der Waals surface area contributed by atoms with Gasteiger partial charge in [-0.05, 0) is 54.1 Å². The quantitative estimate of drug-likeness (QED) is 0.449. The van der Waals surface area contributed by atoms with Gasteiger partial charge in [-0.3, -0.25) is 9.36 Å². The van der Waals surface area contributed by atoms with Crippen molar-refractivity contribution in [3.8, 4) is 11.4 Å². The molecule has 0 radical (unpaired) electrons. The van der Waals surface area contributed by atoms with Crippen LogP contribution in [-0.2, 0) is 15.6 Å². The van der Waals surface area contributed by atoms with E-state index in [9.17, 15) is 22.0 Å². The van der Waals surface area contributed by atoms with Gasteiger partial charge in [0.15, 0.2) is 9.84 Å². The summed E-state index contributed by atoms with van der Waals surface area (Å²) in [7, 11) is -3.22. The molecule has 164 valence electrons. The van der Waals surface area contributed by atoms with Gasteiger partial charge in [-0.1, -0.05) is 24.3 Å². The molecule has 0 unspecified atom stereocenters. The number of carbonyl (C=O) groups is 1. The zero-order valence-electron chi connectivity index (χ0n) is 17.0. The summed E-state index contributed by atoms with van der Waals surface area (Å²) in [6.07, 6.45) is 1.13. The summed E-state index contributed by atoms with van der Waals surface area (Å²) < 4.78 is 51.2. The molecule has 4 rings (SSSR count). The van der Waals surface area contributed by atoms with Crippen LogP contribution in [0.15, 0.2) is 72.8 Å². The van der Waals surface area contributed by atoms with Crippen molar-refractivity contribution >= 4 is 32.5 Å². The number of para-hydroxylation sites is 2. The van der Waals surface area contributed by atoms with E-state index in [1.807, 2.05) is 0 Å². The molecule has 0 bridgehead atoms. The highest BCUT2D eigenvalue weighted by atomic mass is 32.2. The molecule has 9 heteroatoms. The maximum absolute atomic E-state index is 13.7. The second-order valence-corrected chi connectivity index (χ2v) is 9.51. The molecule has 0 aliphatic carbocycles. The van der Waals surface area contributed by atoms with Crippen LogP contribution in [0.5, 0.6) is 0 Å². The van der Waals surface area contributed by atoms with Crippen LogP contribution < -0.4 is 5.32 Å². The third-order valence-corrected chi connectivity index (χ3v) is 5.67. The van der Waals surface area contributed by atoms with Crippen molar-refractivity contribution < 1.29 is 22.0 Å². The first-order valence-corrected chi connectivity index (χ1v) is 11.7. The van der Waals surface area contributed by atoms with Gasteiger partial charge in [-0.25, -0.2) is 13.4 Å². The highest BCUT2D eigenvalue weighted by Gasteiger charge is 2.19. The van der Waals surface area contributed by atoms with Gasteiger partial charge in [0.05, 0.1) is 16.8 Å². The van der Waals surface area contributed by atoms with Crippen LogP contribution in [0.4, 0.5) is 14.5 Å². The largest absolute Gasteiger partial charge is 0.322 e. The van der Waals surface area contributed by atoms with E-state index in [2.05, 4.69) is 10.3 Å². The van der Waals surface area contributed by atoms with E-state index < -0.39 is 22.3 Å². The number of imidazole rings is 1. The summed E-state index contributed by atoms with van der Waals surface area (Å²) >= 11 is 0. The Labute approximate surface area is 183 Å². The van der Waals surface area contributed by atoms with E-state index in [1.165, 1.54) is 6.07 Å². The number of rotatable bonds is 6. The van der Waals surface area contributed by atoms with E-state index in [4.69, 9.17) is 0 Å². The number of alkyl halides is 2. The minimum atomic E-state index is -3.22. The lowest BCUT2D eigenvalue weighted by Gasteiger charge is -2.10. The number of halogens is 2. The number of nitrogens with one attached hydrogen (secondary N) is 1. The van der Waals surface area contributed by atoms with E-state index in [-0.39, 0.29) is 11.6 Å². The van der Waals surface area contributed by atoms with Gasteiger partial charge in [0.1, 0.15) is 5.82 Å². The molecule has 32 heavy (non-hydrogen) atoms. The van der Waals surface area contributed by atoms with E-state index in [1.54, 1.807) is 66.7 Å². The molecular formula is C23H19F2N3O3S. The van der Waals surface area contributed by atoms with Gasteiger partial charge in [0.25, 0.3) is 5.91 Å². The standard InChI is InChI=1S/C23H19F2N3O3S/c1-32(30,31)14-15-5-4-6-17(13-15)22(29)26-18-11-9-16(10-12-18)21-27-19-7-2-3-8-20(19)28(21)23(24)25/h2-13,23H,14H2,1H3,(H,26,29). The number of hydrogen-bond acceptors (Lipinski definition) is 4. The first-order chi connectivity index (χ1) is 15.2. The number of sulfone groups is 1. The average molecular weight is 455 g/mol. The third kappa shape index (κ3) is 4.67. The van der Waals surface area contributed by atoms with Crippen LogP contribution in [-0.4, -0.2) is 30.1 Å². The maximum Gasteiger partial charge on any atom is 0.320 e. The average Bonchev–Trinajstić information content (AvgIpc) is 3.13. The molecule has 0 atom stereocenters. The molecule has 1 aromatic heterocycles. The highest BCUT2D eigenvalue weighted by molar-refractivity contribution is 7.89. The number of nitrogens with zero attached hydrogens (tertiary/aromatic N) is 2. The minimum absolute atomic E-state index is 0.132. The molecule has 1 amide bonds. The number of amides is 1. The van der Waals surface area contributed by atoms with Crippen LogP contribution in [0.1, 0.15) is 22.5 Å². The Kier molecular flexibility index (Phi) is 5.75. The summed E-state index contributed by atoms with van der Waals surface area (Å²) in [5.41, 5.74) is 2.58. The first-order valence-electron chi connectivity index (χ1n) is 9.65. The van der Waals surface area contributed by atoms with Crippen LogP contribution in [0, 0.1) is 0 Å². The Balaban J connectivity index is 1.57. The lowest BCUT2D eigenvalue weighted by molar-refractivity contribution is 0.0764. The number of carbonyl (C=O) groups excluding carboxylic acids is 1. The van der Waals surface area contributed by atoms with Gasteiger partial charge in [0, 0.05) is 23.1 Å². The second-order valence-electron chi connectivity index (χ2n) is 7.37. The smallest absolute Gasteiger partial charge is 0.320 e. The molecule has 0 saturated heterocycles. The molecule has 0 aliphatic heterocycles. The SMILES string of the molecule is CS(=O)(=O)Cc1cccc(C(=O)Nc2ccc(-c3nc4ccccc4n3C(F)F)cc2)c1. The normalized spacial score (nSPS) is 11.8. The van der Waals surface area contributed by atoms with Gasteiger partial charge in [0.2, 0.25) is 0 Å². The molecule has 4 aromatic rings. The number of hydrogen-bond donors (Lipinski definition) is 1. The van der Waals surface area contributed by atoms with Crippen LogP contribution in [0.2, 0.25) is 0 Å². The van der Waals surface area contributed by atoms with E-state index in [0.717, 1.165) is 10.8 Å². The van der Waals surface area contributed by atoms with Crippen LogP contribution in [0.3, 0.4) is 0 Å². The third-order valence-electron chi connectivity index (χ3n) is 4.81. The van der Waals surface area contributed by atoms with E-state index >= 15 is 0 Å². The van der Waals surface area contributed by atoms with Crippen molar-refractivity contribution in [3.63, 3.8) is 0 Å². The highest BCUT2D eigenvalue weighted by Crippen LogP contribution is 2.30.